The summed E-state index contributed by atoms with van der Waals surface area (Å²) in [6, 6.07) is 14.4. The van der Waals surface area contributed by atoms with Gasteiger partial charge in [0.05, 0.1) is 22.7 Å². The summed E-state index contributed by atoms with van der Waals surface area (Å²) in [6.07, 6.45) is 4.93. The molecule has 1 unspecified atom stereocenters. The van der Waals surface area contributed by atoms with Gasteiger partial charge in [-0.3, -0.25) is 18.3 Å². The largest absolute Gasteiger partial charge is 0.369 e. The molecule has 2 heterocycles. The standard InChI is InChI=1S/C28H29N5O5S2/c1-2-32(16-17-38-40(36)37)20-12-10-19(11-13-20)30-31-28-29-27(33-14-6-3-7-15-33)24(39-28)18-23-25(34)21-8-4-5-9-22(21)26(23)35/h4-5,8-13,18H,2-3,6-7,14-17H2,1H3,(H,36,37)/b31-30+. The van der Waals surface area contributed by atoms with Crippen LogP contribution in [-0.4, -0.2) is 58.1 Å². The molecule has 0 radical (unpaired) electrons. The number of aromatic nitrogens is 1. The van der Waals surface area contributed by atoms with E-state index in [1.54, 1.807) is 30.3 Å². The molecule has 1 atom stereocenters. The lowest BCUT2D eigenvalue weighted by molar-refractivity contribution is 0.0990. The van der Waals surface area contributed by atoms with Crippen molar-refractivity contribution >= 4 is 62.7 Å². The number of azo groups is 1. The number of fused-ring (bicyclic) bond motifs is 1. The summed E-state index contributed by atoms with van der Waals surface area (Å²) in [5.74, 6) is 0.195. The zero-order valence-electron chi connectivity index (χ0n) is 22.0. The van der Waals surface area contributed by atoms with Crippen LogP contribution in [0.5, 0.6) is 0 Å². The van der Waals surface area contributed by atoms with Crippen LogP contribution in [0.1, 0.15) is 51.8 Å². The van der Waals surface area contributed by atoms with E-state index in [1.807, 2.05) is 36.1 Å². The van der Waals surface area contributed by atoms with Crippen molar-refractivity contribution in [1.29, 1.82) is 0 Å². The summed E-state index contributed by atoms with van der Waals surface area (Å²) < 4.78 is 24.2. The Kier molecular flexibility index (Phi) is 8.90. The Morgan fingerprint density at radius 2 is 1.73 bits per heavy atom. The molecule has 208 valence electrons. The number of nitrogens with zero attached hydrogens (tertiary/aromatic N) is 5. The van der Waals surface area contributed by atoms with Crippen molar-refractivity contribution < 1.29 is 22.5 Å². The minimum atomic E-state index is -2.28. The number of hydrogen-bond donors (Lipinski definition) is 1. The van der Waals surface area contributed by atoms with Crippen LogP contribution in [0, 0.1) is 0 Å². The molecule has 1 N–H and O–H groups in total. The Bertz CT molecular complexity index is 1440. The van der Waals surface area contributed by atoms with Crippen molar-refractivity contribution in [3.05, 3.63) is 70.1 Å². The number of likely N-dealkylation sites (N-methyl/N-ethyl adjacent to an activating group) is 1. The van der Waals surface area contributed by atoms with Gasteiger partial charge in [-0.25, -0.2) is 0 Å². The number of Topliss-reactive ketones (excluding diaryl/α,β-unsaturated/α-hetero) is 2. The number of rotatable bonds is 10. The summed E-state index contributed by atoms with van der Waals surface area (Å²) in [4.78, 5) is 35.7. The second kappa shape index (κ2) is 12.7. The van der Waals surface area contributed by atoms with Gasteiger partial charge in [0.15, 0.2) is 11.6 Å². The Morgan fingerprint density at radius 3 is 2.35 bits per heavy atom. The lowest BCUT2D eigenvalue weighted by Gasteiger charge is -2.27. The molecule has 5 rings (SSSR count). The average molecular weight is 580 g/mol. The van der Waals surface area contributed by atoms with E-state index in [0.29, 0.717) is 35.0 Å². The highest BCUT2D eigenvalue weighted by Gasteiger charge is 2.33. The average Bonchev–Trinajstić information content (AvgIpc) is 3.49. The second-order valence-corrected chi connectivity index (χ2v) is 11.0. The maximum Gasteiger partial charge on any atom is 0.301 e. The van der Waals surface area contributed by atoms with Gasteiger partial charge in [0.2, 0.25) is 5.13 Å². The maximum atomic E-state index is 13.0. The van der Waals surface area contributed by atoms with Gasteiger partial charge in [0.25, 0.3) is 0 Å². The van der Waals surface area contributed by atoms with Crippen LogP contribution in [0.3, 0.4) is 0 Å². The third-order valence-corrected chi connectivity index (χ3v) is 8.10. The third kappa shape index (κ3) is 6.25. The molecule has 12 heteroatoms. The van der Waals surface area contributed by atoms with Gasteiger partial charge in [-0.2, -0.15) is 9.19 Å². The molecule has 40 heavy (non-hydrogen) atoms. The van der Waals surface area contributed by atoms with E-state index < -0.39 is 11.4 Å². The van der Waals surface area contributed by atoms with Crippen molar-refractivity contribution in [2.24, 2.45) is 10.2 Å². The molecular formula is C28H29N5O5S2. The van der Waals surface area contributed by atoms with Gasteiger partial charge in [-0.1, -0.05) is 35.6 Å². The number of benzene rings is 2. The Labute approximate surface area is 238 Å². The van der Waals surface area contributed by atoms with Crippen molar-refractivity contribution in [2.75, 3.05) is 42.6 Å². The second-order valence-electron chi connectivity index (χ2n) is 9.33. The molecule has 2 aliphatic rings. The van der Waals surface area contributed by atoms with Gasteiger partial charge in [0, 0.05) is 43.0 Å². The molecule has 2 aromatic carbocycles. The van der Waals surface area contributed by atoms with Crippen molar-refractivity contribution in [3.8, 4) is 0 Å². The Hall–Kier alpha value is -3.58. The summed E-state index contributed by atoms with van der Waals surface area (Å²) in [5.41, 5.74) is 2.58. The van der Waals surface area contributed by atoms with Crippen molar-refractivity contribution in [3.63, 3.8) is 0 Å². The maximum absolute atomic E-state index is 13.0. The van der Waals surface area contributed by atoms with Crippen LogP contribution >= 0.6 is 11.3 Å². The summed E-state index contributed by atoms with van der Waals surface area (Å²) in [6.45, 7) is 5.00. The van der Waals surface area contributed by atoms with Gasteiger partial charge < -0.3 is 9.80 Å². The highest BCUT2D eigenvalue weighted by molar-refractivity contribution is 7.74. The summed E-state index contributed by atoms with van der Waals surface area (Å²) in [5, 5.41) is 9.19. The number of ketones is 2. The van der Waals surface area contributed by atoms with Crippen LogP contribution in [-0.2, 0) is 15.5 Å². The Balaban J connectivity index is 1.37. The Morgan fingerprint density at radius 1 is 1.05 bits per heavy atom. The zero-order chi connectivity index (χ0) is 28.1. The number of thiazole rings is 1. The van der Waals surface area contributed by atoms with Gasteiger partial charge >= 0.3 is 11.4 Å². The predicted molar refractivity (Wildman–Crippen MR) is 156 cm³/mol. The van der Waals surface area contributed by atoms with Crippen LogP contribution in [0.25, 0.3) is 6.08 Å². The van der Waals surface area contributed by atoms with E-state index in [0.717, 1.165) is 48.7 Å². The number of carbonyl (C=O) groups excluding carboxylic acids is 2. The first kappa shape index (κ1) is 28.0. The van der Waals surface area contributed by atoms with Gasteiger partial charge in [0.1, 0.15) is 5.82 Å². The molecule has 0 bridgehead atoms. The van der Waals surface area contributed by atoms with Crippen LogP contribution in [0.4, 0.5) is 22.3 Å². The first-order valence-corrected chi connectivity index (χ1v) is 15.0. The van der Waals surface area contributed by atoms with Gasteiger partial charge in [-0.15, -0.1) is 10.2 Å². The number of allylic oxidation sites excluding steroid dienone is 1. The molecule has 3 aromatic rings. The van der Waals surface area contributed by atoms with E-state index in [9.17, 15) is 13.8 Å². The number of carbonyl (C=O) groups is 2. The molecule has 0 amide bonds. The lowest BCUT2D eigenvalue weighted by Crippen LogP contribution is -2.30. The van der Waals surface area contributed by atoms with E-state index in [1.165, 1.54) is 11.3 Å². The fourth-order valence-corrected chi connectivity index (χ4v) is 5.91. The quantitative estimate of drug-likeness (QED) is 0.134. The normalized spacial score (nSPS) is 16.1. The fourth-order valence-electron chi connectivity index (χ4n) is 4.84. The van der Waals surface area contributed by atoms with E-state index >= 15 is 0 Å². The first-order chi connectivity index (χ1) is 19.4. The molecule has 1 fully saturated rings. The first-order valence-electron chi connectivity index (χ1n) is 13.1. The molecular weight excluding hydrogens is 550 g/mol. The minimum absolute atomic E-state index is 0.129. The lowest BCUT2D eigenvalue weighted by atomic mass is 10.1. The number of hydrogen-bond acceptors (Lipinski definition) is 10. The molecule has 1 saturated heterocycles. The summed E-state index contributed by atoms with van der Waals surface area (Å²) in [7, 11) is 0. The monoisotopic (exact) mass is 579 g/mol. The topological polar surface area (TPSA) is 125 Å². The zero-order valence-corrected chi connectivity index (χ0v) is 23.6. The van der Waals surface area contributed by atoms with Crippen LogP contribution in [0.2, 0.25) is 0 Å². The molecule has 0 spiro atoms. The smallest absolute Gasteiger partial charge is 0.301 e. The SMILES string of the molecule is CCN(CCOS(=O)O)c1ccc(/N=N/c2nc(N3CCCCC3)c(C=C3C(=O)c4ccccc4C3=O)s2)cc1. The van der Waals surface area contributed by atoms with Crippen LogP contribution in [0.15, 0.2) is 64.3 Å². The number of anilines is 2. The molecule has 10 nitrogen and oxygen atoms in total. The molecule has 1 aromatic heterocycles. The third-order valence-electron chi connectivity index (χ3n) is 6.85. The minimum Gasteiger partial charge on any atom is -0.369 e. The molecule has 1 aliphatic heterocycles. The van der Waals surface area contributed by atoms with E-state index in [4.69, 9.17) is 13.7 Å². The van der Waals surface area contributed by atoms with Crippen molar-refractivity contribution in [2.45, 2.75) is 26.2 Å². The molecule has 0 saturated carbocycles. The van der Waals surface area contributed by atoms with Crippen molar-refractivity contribution in [1.82, 2.24) is 4.98 Å². The predicted octanol–water partition coefficient (Wildman–Crippen LogP) is 5.99. The van der Waals surface area contributed by atoms with Gasteiger partial charge in [-0.05, 0) is 56.5 Å². The summed E-state index contributed by atoms with van der Waals surface area (Å²) >= 11 is -0.977. The molecule has 1 aliphatic carbocycles. The highest BCUT2D eigenvalue weighted by Crippen LogP contribution is 2.38. The highest BCUT2D eigenvalue weighted by atomic mass is 32.2. The van der Waals surface area contributed by atoms with E-state index in [2.05, 4.69) is 15.1 Å². The number of piperidine rings is 1. The van der Waals surface area contributed by atoms with Crippen LogP contribution < -0.4 is 9.80 Å². The van der Waals surface area contributed by atoms with E-state index in [-0.39, 0.29) is 23.7 Å². The fraction of sp³-hybridized carbons (Fsp3) is 0.321.